The monoisotopic (exact) mass is 301 g/mol. The highest BCUT2D eigenvalue weighted by atomic mass is 16.2. The summed E-state index contributed by atoms with van der Waals surface area (Å²) in [6.07, 6.45) is 2.18. The lowest BCUT2D eigenvalue weighted by atomic mass is 9.98. The summed E-state index contributed by atoms with van der Waals surface area (Å²) in [6.45, 7) is 8.82. The van der Waals surface area contributed by atoms with E-state index in [0.29, 0.717) is 5.91 Å². The van der Waals surface area contributed by atoms with Crippen LogP contribution in [0.4, 0.5) is 0 Å². The average Bonchev–Trinajstić information content (AvgIpc) is 2.58. The van der Waals surface area contributed by atoms with Crippen molar-refractivity contribution in [3.8, 4) is 0 Å². The fourth-order valence-corrected chi connectivity index (χ4v) is 3.48. The Morgan fingerprint density at radius 3 is 2.68 bits per heavy atom. The molecule has 2 saturated heterocycles. The zero-order chi connectivity index (χ0) is 15.4. The minimum Gasteiger partial charge on any atom is -0.340 e. The number of rotatable bonds is 3. The van der Waals surface area contributed by atoms with Crippen LogP contribution in [-0.2, 0) is 11.3 Å². The third kappa shape index (κ3) is 3.68. The largest absolute Gasteiger partial charge is 0.340 e. The third-order valence-corrected chi connectivity index (χ3v) is 4.99. The standard InChI is InChI=1S/C18H27N3O/c1-15-5-2-3-6-17(15)14-20-9-11-21(12-10-20)18(22)16-7-4-8-19-13-16/h2-3,5-6,16,19H,4,7-14H2,1H3. The average molecular weight is 301 g/mol. The molecule has 2 aliphatic rings. The summed E-state index contributed by atoms with van der Waals surface area (Å²) < 4.78 is 0. The van der Waals surface area contributed by atoms with Crippen LogP contribution >= 0.6 is 0 Å². The fraction of sp³-hybridized carbons (Fsp3) is 0.611. The number of aryl methyl sites for hydroxylation is 1. The van der Waals surface area contributed by atoms with Crippen LogP contribution in [-0.4, -0.2) is 55.0 Å². The number of nitrogens with one attached hydrogen (secondary N) is 1. The van der Waals surface area contributed by atoms with Gasteiger partial charge in [-0.3, -0.25) is 9.69 Å². The Morgan fingerprint density at radius 2 is 2.00 bits per heavy atom. The van der Waals surface area contributed by atoms with Gasteiger partial charge in [0.1, 0.15) is 0 Å². The van der Waals surface area contributed by atoms with E-state index in [4.69, 9.17) is 0 Å². The molecule has 0 spiro atoms. The van der Waals surface area contributed by atoms with Gasteiger partial charge in [-0.2, -0.15) is 0 Å². The van der Waals surface area contributed by atoms with E-state index in [2.05, 4.69) is 46.3 Å². The molecule has 0 radical (unpaired) electrons. The van der Waals surface area contributed by atoms with E-state index in [1.54, 1.807) is 0 Å². The molecule has 1 aromatic carbocycles. The lowest BCUT2D eigenvalue weighted by molar-refractivity contribution is -0.137. The van der Waals surface area contributed by atoms with Crippen LogP contribution in [0.3, 0.4) is 0 Å². The van der Waals surface area contributed by atoms with Gasteiger partial charge >= 0.3 is 0 Å². The first-order valence-electron chi connectivity index (χ1n) is 8.50. The molecule has 4 heteroatoms. The molecule has 2 fully saturated rings. The number of piperidine rings is 1. The lowest BCUT2D eigenvalue weighted by Gasteiger charge is -2.37. The number of hydrogen-bond donors (Lipinski definition) is 1. The summed E-state index contributed by atoms with van der Waals surface area (Å²) in [5, 5.41) is 3.34. The summed E-state index contributed by atoms with van der Waals surface area (Å²) in [6, 6.07) is 8.58. The molecule has 120 valence electrons. The molecule has 1 unspecified atom stereocenters. The molecule has 1 aromatic rings. The second-order valence-corrected chi connectivity index (χ2v) is 6.57. The van der Waals surface area contributed by atoms with Crippen LogP contribution in [0.15, 0.2) is 24.3 Å². The summed E-state index contributed by atoms with van der Waals surface area (Å²) in [7, 11) is 0. The molecule has 1 atom stereocenters. The SMILES string of the molecule is Cc1ccccc1CN1CCN(C(=O)C2CCCNC2)CC1. The Labute approximate surface area is 133 Å². The van der Waals surface area contributed by atoms with Crippen molar-refractivity contribution in [3.63, 3.8) is 0 Å². The van der Waals surface area contributed by atoms with Crippen molar-refractivity contribution in [2.45, 2.75) is 26.3 Å². The van der Waals surface area contributed by atoms with Crippen LogP contribution in [0.2, 0.25) is 0 Å². The number of hydrogen-bond acceptors (Lipinski definition) is 3. The summed E-state index contributed by atoms with van der Waals surface area (Å²) in [5.41, 5.74) is 2.76. The number of nitrogens with zero attached hydrogens (tertiary/aromatic N) is 2. The molecule has 1 amide bonds. The topological polar surface area (TPSA) is 35.6 Å². The van der Waals surface area contributed by atoms with Gasteiger partial charge in [0.25, 0.3) is 0 Å². The van der Waals surface area contributed by atoms with Gasteiger partial charge in [0.05, 0.1) is 5.92 Å². The molecule has 1 N–H and O–H groups in total. The molecular formula is C18H27N3O. The number of carbonyl (C=O) groups is 1. The van der Waals surface area contributed by atoms with Crippen molar-refractivity contribution in [3.05, 3.63) is 35.4 Å². The van der Waals surface area contributed by atoms with Crippen molar-refractivity contribution < 1.29 is 4.79 Å². The summed E-state index contributed by atoms with van der Waals surface area (Å²) in [4.78, 5) is 17.1. The molecule has 0 saturated carbocycles. The van der Waals surface area contributed by atoms with Crippen molar-refractivity contribution in [1.29, 1.82) is 0 Å². The predicted octanol–water partition coefficient (Wildman–Crippen LogP) is 1.64. The van der Waals surface area contributed by atoms with E-state index in [9.17, 15) is 4.79 Å². The van der Waals surface area contributed by atoms with Crippen molar-refractivity contribution in [2.24, 2.45) is 5.92 Å². The van der Waals surface area contributed by atoms with E-state index in [0.717, 1.165) is 58.7 Å². The normalized spacial score (nSPS) is 23.5. The Kier molecular flexibility index (Phi) is 5.11. The molecule has 22 heavy (non-hydrogen) atoms. The van der Waals surface area contributed by atoms with E-state index >= 15 is 0 Å². The maximum atomic E-state index is 12.5. The smallest absolute Gasteiger partial charge is 0.227 e. The van der Waals surface area contributed by atoms with Crippen LogP contribution in [0.25, 0.3) is 0 Å². The lowest BCUT2D eigenvalue weighted by Crippen LogP contribution is -2.51. The van der Waals surface area contributed by atoms with Gasteiger partial charge in [0.15, 0.2) is 0 Å². The van der Waals surface area contributed by atoms with Crippen LogP contribution < -0.4 is 5.32 Å². The van der Waals surface area contributed by atoms with Crippen LogP contribution in [0, 0.1) is 12.8 Å². The van der Waals surface area contributed by atoms with E-state index < -0.39 is 0 Å². The number of amides is 1. The first-order valence-corrected chi connectivity index (χ1v) is 8.50. The highest BCUT2D eigenvalue weighted by molar-refractivity contribution is 5.79. The first kappa shape index (κ1) is 15.5. The highest BCUT2D eigenvalue weighted by Crippen LogP contribution is 2.17. The van der Waals surface area contributed by atoms with Crippen molar-refractivity contribution in [2.75, 3.05) is 39.3 Å². The fourth-order valence-electron chi connectivity index (χ4n) is 3.48. The van der Waals surface area contributed by atoms with E-state index in [1.165, 1.54) is 11.1 Å². The second kappa shape index (κ2) is 7.25. The Hall–Kier alpha value is -1.39. The van der Waals surface area contributed by atoms with Gasteiger partial charge in [-0.15, -0.1) is 0 Å². The number of benzene rings is 1. The van der Waals surface area contributed by atoms with Crippen molar-refractivity contribution in [1.82, 2.24) is 15.1 Å². The van der Waals surface area contributed by atoms with Gasteiger partial charge in [-0.1, -0.05) is 24.3 Å². The number of piperazine rings is 1. The second-order valence-electron chi connectivity index (χ2n) is 6.57. The first-order chi connectivity index (χ1) is 10.7. The molecule has 3 rings (SSSR count). The predicted molar refractivity (Wildman–Crippen MR) is 88.6 cm³/mol. The molecular weight excluding hydrogens is 274 g/mol. The van der Waals surface area contributed by atoms with Gasteiger partial charge in [0, 0.05) is 39.3 Å². The maximum Gasteiger partial charge on any atom is 0.227 e. The zero-order valence-corrected chi connectivity index (χ0v) is 13.6. The minimum atomic E-state index is 0.205. The Bertz CT molecular complexity index is 503. The molecule has 2 aliphatic heterocycles. The summed E-state index contributed by atoms with van der Waals surface area (Å²) >= 11 is 0. The molecule has 0 bridgehead atoms. The van der Waals surface area contributed by atoms with Gasteiger partial charge in [0.2, 0.25) is 5.91 Å². The third-order valence-electron chi connectivity index (χ3n) is 4.99. The van der Waals surface area contributed by atoms with Gasteiger partial charge in [-0.25, -0.2) is 0 Å². The molecule has 4 nitrogen and oxygen atoms in total. The Morgan fingerprint density at radius 1 is 1.23 bits per heavy atom. The van der Waals surface area contributed by atoms with Gasteiger partial charge < -0.3 is 10.2 Å². The highest BCUT2D eigenvalue weighted by Gasteiger charge is 2.28. The molecule has 0 aromatic heterocycles. The minimum absolute atomic E-state index is 0.205. The van der Waals surface area contributed by atoms with Crippen LogP contribution in [0.1, 0.15) is 24.0 Å². The van der Waals surface area contributed by atoms with E-state index in [-0.39, 0.29) is 5.92 Å². The van der Waals surface area contributed by atoms with Crippen LogP contribution in [0.5, 0.6) is 0 Å². The van der Waals surface area contributed by atoms with Gasteiger partial charge in [-0.05, 0) is 37.4 Å². The molecule has 2 heterocycles. The van der Waals surface area contributed by atoms with E-state index in [1.807, 2.05) is 0 Å². The zero-order valence-electron chi connectivity index (χ0n) is 13.6. The van der Waals surface area contributed by atoms with Crippen molar-refractivity contribution >= 4 is 5.91 Å². The quantitative estimate of drug-likeness (QED) is 0.922. The maximum absolute atomic E-state index is 12.5. The number of carbonyl (C=O) groups excluding carboxylic acids is 1. The Balaban J connectivity index is 1.50. The summed E-state index contributed by atoms with van der Waals surface area (Å²) in [5.74, 6) is 0.569. The molecule has 0 aliphatic carbocycles.